The molecule has 1 amide bonds. The first-order valence-corrected chi connectivity index (χ1v) is 11.3. The number of carbonyl (C=O) groups excluding carboxylic acids is 1. The fourth-order valence-electron chi connectivity index (χ4n) is 6.69. The molecule has 2 saturated carbocycles. The zero-order valence-corrected chi connectivity index (χ0v) is 16.8. The van der Waals surface area contributed by atoms with Crippen LogP contribution in [0.2, 0.25) is 0 Å². The van der Waals surface area contributed by atoms with E-state index in [4.69, 9.17) is 5.73 Å². The minimum absolute atomic E-state index is 0.152. The summed E-state index contributed by atoms with van der Waals surface area (Å²) in [6.07, 6.45) is 13.7. The van der Waals surface area contributed by atoms with Gasteiger partial charge in [0.15, 0.2) is 0 Å². The third kappa shape index (κ3) is 3.56. The van der Waals surface area contributed by atoms with Crippen molar-refractivity contribution in [3.63, 3.8) is 0 Å². The van der Waals surface area contributed by atoms with Crippen molar-refractivity contribution >= 4 is 5.91 Å². The fraction of sp³-hybridized carbons (Fsp3) is 0.955. The third-order valence-corrected chi connectivity index (χ3v) is 8.43. The van der Waals surface area contributed by atoms with E-state index in [-0.39, 0.29) is 18.0 Å². The van der Waals surface area contributed by atoms with E-state index in [2.05, 4.69) is 24.2 Å². The number of nitrogens with one attached hydrogen (secondary N) is 1. The number of carbonyl (C=O) groups is 1. The average molecular weight is 362 g/mol. The molecule has 4 heteroatoms. The van der Waals surface area contributed by atoms with E-state index in [9.17, 15) is 4.79 Å². The Morgan fingerprint density at radius 2 is 1.73 bits per heavy atom. The van der Waals surface area contributed by atoms with Crippen molar-refractivity contribution in [2.75, 3.05) is 7.05 Å². The van der Waals surface area contributed by atoms with Crippen LogP contribution in [-0.4, -0.2) is 42.0 Å². The van der Waals surface area contributed by atoms with Crippen molar-refractivity contribution in [3.05, 3.63) is 0 Å². The molecule has 0 aromatic heterocycles. The first-order valence-electron chi connectivity index (χ1n) is 11.3. The van der Waals surface area contributed by atoms with Crippen molar-refractivity contribution in [2.24, 2.45) is 29.4 Å². The number of nitrogens with zero attached hydrogens (tertiary/aromatic N) is 1. The first-order chi connectivity index (χ1) is 12.5. The molecule has 6 atom stereocenters. The van der Waals surface area contributed by atoms with E-state index < -0.39 is 0 Å². The van der Waals surface area contributed by atoms with Crippen molar-refractivity contribution in [3.8, 4) is 0 Å². The summed E-state index contributed by atoms with van der Waals surface area (Å²) in [6.45, 7) is 2.39. The van der Waals surface area contributed by atoms with E-state index >= 15 is 0 Å². The second-order valence-corrected chi connectivity index (χ2v) is 9.97. The molecule has 2 aliphatic heterocycles. The van der Waals surface area contributed by atoms with Gasteiger partial charge < -0.3 is 11.1 Å². The van der Waals surface area contributed by atoms with Crippen LogP contribution < -0.4 is 11.1 Å². The summed E-state index contributed by atoms with van der Waals surface area (Å²) in [7, 11) is 2.26. The Balaban J connectivity index is 1.50. The minimum atomic E-state index is 0.152. The summed E-state index contributed by atoms with van der Waals surface area (Å²) < 4.78 is 0. The van der Waals surface area contributed by atoms with Crippen molar-refractivity contribution < 1.29 is 4.79 Å². The molecule has 2 bridgehead atoms. The van der Waals surface area contributed by atoms with Gasteiger partial charge in [0.05, 0.1) is 5.92 Å². The average Bonchev–Trinajstić information content (AvgIpc) is 2.87. The molecule has 3 unspecified atom stereocenters. The Morgan fingerprint density at radius 3 is 2.46 bits per heavy atom. The highest BCUT2D eigenvalue weighted by Crippen LogP contribution is 2.48. The second kappa shape index (κ2) is 7.79. The van der Waals surface area contributed by atoms with Gasteiger partial charge in [-0.3, -0.25) is 9.69 Å². The zero-order valence-electron chi connectivity index (χ0n) is 16.8. The van der Waals surface area contributed by atoms with Crippen LogP contribution in [-0.2, 0) is 4.79 Å². The molecule has 0 aromatic rings. The summed E-state index contributed by atoms with van der Waals surface area (Å²) in [5.41, 5.74) is 6.33. The van der Waals surface area contributed by atoms with Crippen LogP contribution in [0.3, 0.4) is 0 Å². The SMILES string of the molecule is CC1CCC([C@H]2C[C@H]3CCC([C@H]2C(=O)NC2CCCCC2N)N3C)CC1. The Kier molecular flexibility index (Phi) is 5.61. The lowest BCUT2D eigenvalue weighted by Gasteiger charge is -2.47. The smallest absolute Gasteiger partial charge is 0.225 e. The molecular weight excluding hydrogens is 322 g/mol. The molecule has 26 heavy (non-hydrogen) atoms. The van der Waals surface area contributed by atoms with Crippen LogP contribution in [0.25, 0.3) is 0 Å². The predicted molar refractivity (Wildman–Crippen MR) is 106 cm³/mol. The lowest BCUT2D eigenvalue weighted by atomic mass is 9.66. The van der Waals surface area contributed by atoms with Gasteiger partial charge in [-0.05, 0) is 69.7 Å². The largest absolute Gasteiger partial charge is 0.352 e. The van der Waals surface area contributed by atoms with E-state index in [1.54, 1.807) is 0 Å². The summed E-state index contributed by atoms with van der Waals surface area (Å²) in [6, 6.07) is 1.52. The van der Waals surface area contributed by atoms with Crippen molar-refractivity contribution in [1.82, 2.24) is 10.2 Å². The number of amides is 1. The predicted octanol–water partition coefficient (Wildman–Crippen LogP) is 3.30. The van der Waals surface area contributed by atoms with Crippen LogP contribution in [0.15, 0.2) is 0 Å². The Bertz CT molecular complexity index is 502. The van der Waals surface area contributed by atoms with Gasteiger partial charge in [0.25, 0.3) is 0 Å². The van der Waals surface area contributed by atoms with Gasteiger partial charge in [0.1, 0.15) is 0 Å². The monoisotopic (exact) mass is 361 g/mol. The van der Waals surface area contributed by atoms with Gasteiger partial charge in [-0.25, -0.2) is 0 Å². The molecule has 4 aliphatic rings. The van der Waals surface area contributed by atoms with Crippen molar-refractivity contribution in [2.45, 2.75) is 102 Å². The molecule has 4 nitrogen and oxygen atoms in total. The van der Waals surface area contributed by atoms with Gasteiger partial charge >= 0.3 is 0 Å². The summed E-state index contributed by atoms with van der Waals surface area (Å²) in [5, 5.41) is 3.43. The molecule has 4 fully saturated rings. The lowest BCUT2D eigenvalue weighted by molar-refractivity contribution is -0.134. The van der Waals surface area contributed by atoms with Gasteiger partial charge in [-0.2, -0.15) is 0 Å². The maximum Gasteiger partial charge on any atom is 0.225 e. The summed E-state index contributed by atoms with van der Waals surface area (Å²) >= 11 is 0. The van der Waals surface area contributed by atoms with Gasteiger partial charge in [-0.1, -0.05) is 32.6 Å². The molecule has 148 valence electrons. The molecule has 0 aromatic carbocycles. The molecule has 0 radical (unpaired) electrons. The molecular formula is C22H39N3O. The molecule has 3 N–H and O–H groups in total. The van der Waals surface area contributed by atoms with E-state index in [0.29, 0.717) is 23.9 Å². The number of piperidine rings is 1. The topological polar surface area (TPSA) is 58.4 Å². The maximum atomic E-state index is 13.5. The number of fused-ring (bicyclic) bond motifs is 2. The van der Waals surface area contributed by atoms with Crippen LogP contribution in [0, 0.1) is 23.7 Å². The zero-order chi connectivity index (χ0) is 18.3. The molecule has 2 heterocycles. The number of hydrogen-bond donors (Lipinski definition) is 2. The molecule has 2 aliphatic carbocycles. The molecule has 0 spiro atoms. The lowest BCUT2D eigenvalue weighted by Crippen LogP contribution is -2.58. The maximum absolute atomic E-state index is 13.5. The van der Waals surface area contributed by atoms with E-state index in [1.807, 2.05) is 0 Å². The Hall–Kier alpha value is -0.610. The summed E-state index contributed by atoms with van der Waals surface area (Å²) in [5.74, 6) is 2.75. The highest BCUT2D eigenvalue weighted by molar-refractivity contribution is 5.80. The van der Waals surface area contributed by atoms with E-state index in [1.165, 1.54) is 57.8 Å². The van der Waals surface area contributed by atoms with Crippen LogP contribution in [0.4, 0.5) is 0 Å². The number of hydrogen-bond acceptors (Lipinski definition) is 3. The number of nitrogens with two attached hydrogens (primary N) is 1. The van der Waals surface area contributed by atoms with Gasteiger partial charge in [0.2, 0.25) is 5.91 Å². The first kappa shape index (κ1) is 18.7. The summed E-state index contributed by atoms with van der Waals surface area (Å²) in [4.78, 5) is 16.0. The van der Waals surface area contributed by atoms with Crippen molar-refractivity contribution in [1.29, 1.82) is 0 Å². The fourth-order valence-corrected chi connectivity index (χ4v) is 6.69. The van der Waals surface area contributed by atoms with Crippen LogP contribution in [0.5, 0.6) is 0 Å². The van der Waals surface area contributed by atoms with Crippen LogP contribution >= 0.6 is 0 Å². The molecule has 4 rings (SSSR count). The highest BCUT2D eigenvalue weighted by atomic mass is 16.2. The Labute approximate surface area is 159 Å². The second-order valence-electron chi connectivity index (χ2n) is 9.97. The van der Waals surface area contributed by atoms with Crippen LogP contribution in [0.1, 0.15) is 77.6 Å². The van der Waals surface area contributed by atoms with Gasteiger partial charge in [0, 0.05) is 24.2 Å². The number of rotatable bonds is 3. The minimum Gasteiger partial charge on any atom is -0.352 e. The van der Waals surface area contributed by atoms with E-state index in [0.717, 1.165) is 24.7 Å². The molecule has 2 saturated heterocycles. The highest BCUT2D eigenvalue weighted by Gasteiger charge is 2.51. The van der Waals surface area contributed by atoms with Gasteiger partial charge in [-0.15, -0.1) is 0 Å². The standard InChI is InChI=1S/C22H39N3O/c1-14-7-9-15(10-8-14)17-13-16-11-12-20(25(16)2)21(17)22(26)24-19-6-4-3-5-18(19)23/h14-21H,3-13,23H2,1-2H3,(H,24,26)/t14?,15?,16-,17-,18?,19?,20?,21+/m1/s1. The quantitative estimate of drug-likeness (QED) is 0.811. The Morgan fingerprint density at radius 1 is 1.00 bits per heavy atom. The third-order valence-electron chi connectivity index (χ3n) is 8.43. The normalized spacial score (nSPS) is 46.9.